The van der Waals surface area contributed by atoms with Gasteiger partial charge in [-0.25, -0.2) is 4.39 Å². The van der Waals surface area contributed by atoms with E-state index in [-0.39, 0.29) is 34.7 Å². The van der Waals surface area contributed by atoms with Gasteiger partial charge in [0.05, 0.1) is 15.6 Å². The Hall–Kier alpha value is -3.70. The zero-order valence-corrected chi connectivity index (χ0v) is 24.7. The zero-order valence-electron chi connectivity index (χ0n) is 23.9. The molecule has 4 aromatic rings. The predicted octanol–water partition coefficient (Wildman–Crippen LogP) is 4.92. The second-order valence-corrected chi connectivity index (χ2v) is 12.8. The van der Waals surface area contributed by atoms with Gasteiger partial charge in [-0.2, -0.15) is 14.3 Å². The Morgan fingerprint density at radius 2 is 2.10 bits per heavy atom. The zero-order chi connectivity index (χ0) is 29.0. The maximum absolute atomic E-state index is 16.4. The van der Waals surface area contributed by atoms with E-state index in [4.69, 9.17) is 9.72 Å². The summed E-state index contributed by atoms with van der Waals surface area (Å²) in [4.78, 5) is 32.6. The Morgan fingerprint density at radius 3 is 2.95 bits per heavy atom. The van der Waals surface area contributed by atoms with Crippen LogP contribution in [0.4, 0.5) is 10.2 Å². The molecular formula is C31H34FN7O2S. The number of amides is 1. The van der Waals surface area contributed by atoms with Crippen LogP contribution in [0.25, 0.3) is 32.4 Å². The first-order valence-electron chi connectivity index (χ1n) is 14.6. The number of fused-ring (bicyclic) bond motifs is 3. The third-order valence-electron chi connectivity index (χ3n) is 9.25. The van der Waals surface area contributed by atoms with Gasteiger partial charge in [-0.05, 0) is 61.8 Å². The van der Waals surface area contributed by atoms with E-state index in [2.05, 4.69) is 32.7 Å². The van der Waals surface area contributed by atoms with Crippen LogP contribution < -0.4 is 9.64 Å². The smallest absolute Gasteiger partial charge is 0.319 e. The summed E-state index contributed by atoms with van der Waals surface area (Å²) >= 11 is 1.32. The number of likely N-dealkylation sites (tertiary alicyclic amines) is 1. The van der Waals surface area contributed by atoms with Gasteiger partial charge in [0.25, 0.3) is 0 Å². The highest BCUT2D eigenvalue weighted by Crippen LogP contribution is 2.42. The molecule has 6 heterocycles. The van der Waals surface area contributed by atoms with Crippen LogP contribution >= 0.6 is 11.5 Å². The molecule has 3 saturated heterocycles. The largest absolute Gasteiger partial charge is 0.461 e. The Kier molecular flexibility index (Phi) is 6.81. The van der Waals surface area contributed by atoms with E-state index in [1.807, 2.05) is 36.2 Å². The van der Waals surface area contributed by atoms with Crippen molar-refractivity contribution in [1.29, 1.82) is 0 Å². The molecular weight excluding hydrogens is 553 g/mol. The summed E-state index contributed by atoms with van der Waals surface area (Å²) in [6.07, 6.45) is 7.03. The first-order valence-corrected chi connectivity index (χ1v) is 15.4. The minimum Gasteiger partial charge on any atom is -0.461 e. The molecule has 3 aromatic heterocycles. The molecule has 0 saturated carbocycles. The Balaban J connectivity index is 1.29. The average molecular weight is 588 g/mol. The molecule has 11 heteroatoms. The molecule has 9 nitrogen and oxygen atoms in total. The number of ether oxygens (including phenoxy) is 1. The number of anilines is 1. The second-order valence-electron chi connectivity index (χ2n) is 12.0. The standard InChI is InChI=1S/C31H34FN7O2S/c1-4-24(40)38-13-10-20(17-38)37(3)29-22-15-33-28(27-21-8-5-6-9-23(21)42-36-27)25(32)26(22)34-30(35-29)41-18-31-11-7-12-39(31)16-19(2)14-31/h4-6,8-9,15,19-20H,1,7,10-14,16-18H2,2-3H3. The first kappa shape index (κ1) is 27.2. The highest BCUT2D eigenvalue weighted by Gasteiger charge is 2.47. The summed E-state index contributed by atoms with van der Waals surface area (Å²) in [5.74, 6) is 0.502. The van der Waals surface area contributed by atoms with Gasteiger partial charge in [0, 0.05) is 44.3 Å². The van der Waals surface area contributed by atoms with Gasteiger partial charge in [-0.1, -0.05) is 31.7 Å². The molecule has 0 spiro atoms. The van der Waals surface area contributed by atoms with Crippen molar-refractivity contribution in [1.82, 2.24) is 29.1 Å². The lowest BCUT2D eigenvalue weighted by Crippen LogP contribution is -2.43. The van der Waals surface area contributed by atoms with Gasteiger partial charge in [-0.3, -0.25) is 14.7 Å². The summed E-state index contributed by atoms with van der Waals surface area (Å²) in [5.41, 5.74) is 0.789. The minimum absolute atomic E-state index is 0.00956. The van der Waals surface area contributed by atoms with Crippen LogP contribution in [0.5, 0.6) is 6.01 Å². The molecule has 0 radical (unpaired) electrons. The van der Waals surface area contributed by atoms with Crippen LogP contribution in [0.2, 0.25) is 0 Å². The molecule has 3 atom stereocenters. The molecule has 3 fully saturated rings. The normalized spacial score (nSPS) is 24.0. The van der Waals surface area contributed by atoms with Crippen LogP contribution in [0.1, 0.15) is 32.6 Å². The molecule has 1 amide bonds. The van der Waals surface area contributed by atoms with Gasteiger partial charge in [0.15, 0.2) is 5.82 Å². The quantitative estimate of drug-likeness (QED) is 0.282. The molecule has 0 bridgehead atoms. The minimum atomic E-state index is -0.546. The number of likely N-dealkylation sites (N-methyl/N-ethyl adjacent to an activating group) is 1. The van der Waals surface area contributed by atoms with Crippen LogP contribution in [-0.4, -0.2) is 86.4 Å². The fourth-order valence-corrected chi connectivity index (χ4v) is 7.94. The molecule has 1 aromatic carbocycles. The van der Waals surface area contributed by atoms with Crippen molar-refractivity contribution in [3.63, 3.8) is 0 Å². The van der Waals surface area contributed by atoms with Crippen molar-refractivity contribution in [2.24, 2.45) is 5.92 Å². The summed E-state index contributed by atoms with van der Waals surface area (Å²) in [5, 5.41) is 1.35. The highest BCUT2D eigenvalue weighted by molar-refractivity contribution is 7.13. The molecule has 3 aliphatic rings. The number of carbonyl (C=O) groups excluding carboxylic acids is 1. The van der Waals surface area contributed by atoms with Gasteiger partial charge in [-0.15, -0.1) is 0 Å². The Bertz CT molecular complexity index is 1690. The van der Waals surface area contributed by atoms with Crippen LogP contribution in [-0.2, 0) is 4.79 Å². The van der Waals surface area contributed by atoms with Crippen molar-refractivity contribution in [3.05, 3.63) is 48.9 Å². The van der Waals surface area contributed by atoms with E-state index in [1.54, 1.807) is 11.1 Å². The lowest BCUT2D eigenvalue weighted by Gasteiger charge is -2.31. The lowest BCUT2D eigenvalue weighted by molar-refractivity contribution is -0.125. The van der Waals surface area contributed by atoms with Gasteiger partial charge in [0.2, 0.25) is 5.91 Å². The van der Waals surface area contributed by atoms with Crippen molar-refractivity contribution in [2.75, 3.05) is 44.7 Å². The summed E-state index contributed by atoms with van der Waals surface area (Å²) in [7, 11) is 1.92. The van der Waals surface area contributed by atoms with E-state index in [1.165, 1.54) is 17.6 Å². The number of halogens is 1. The number of benzene rings is 1. The van der Waals surface area contributed by atoms with E-state index in [0.717, 1.165) is 48.9 Å². The highest BCUT2D eigenvalue weighted by atomic mass is 32.1. The molecule has 218 valence electrons. The first-order chi connectivity index (χ1) is 20.4. The van der Waals surface area contributed by atoms with E-state index in [9.17, 15) is 4.79 Å². The topological polar surface area (TPSA) is 87.6 Å². The van der Waals surface area contributed by atoms with Crippen molar-refractivity contribution >= 4 is 44.2 Å². The average Bonchev–Trinajstić information content (AvgIpc) is 3.79. The predicted molar refractivity (Wildman–Crippen MR) is 162 cm³/mol. The summed E-state index contributed by atoms with van der Waals surface area (Å²) in [6.45, 7) is 9.67. The fraction of sp³-hybridized carbons (Fsp3) is 0.452. The van der Waals surface area contributed by atoms with Gasteiger partial charge < -0.3 is 14.5 Å². The number of carbonyl (C=O) groups is 1. The molecule has 0 aliphatic carbocycles. The number of rotatable bonds is 7. The van der Waals surface area contributed by atoms with E-state index in [0.29, 0.717) is 42.5 Å². The maximum atomic E-state index is 16.4. The van der Waals surface area contributed by atoms with Gasteiger partial charge in [0.1, 0.15) is 29.3 Å². The number of hydrogen-bond donors (Lipinski definition) is 0. The van der Waals surface area contributed by atoms with Crippen molar-refractivity contribution in [2.45, 2.75) is 44.2 Å². The Morgan fingerprint density at radius 1 is 1.24 bits per heavy atom. The van der Waals surface area contributed by atoms with E-state index >= 15 is 4.39 Å². The lowest BCUT2D eigenvalue weighted by atomic mass is 9.92. The monoisotopic (exact) mass is 587 g/mol. The van der Waals surface area contributed by atoms with Crippen molar-refractivity contribution < 1.29 is 13.9 Å². The molecule has 3 aliphatic heterocycles. The second kappa shape index (κ2) is 10.5. The van der Waals surface area contributed by atoms with Crippen molar-refractivity contribution in [3.8, 4) is 17.4 Å². The third-order valence-corrected chi connectivity index (χ3v) is 10.1. The number of hydrogen-bond acceptors (Lipinski definition) is 9. The van der Waals surface area contributed by atoms with Gasteiger partial charge >= 0.3 is 6.01 Å². The number of aromatic nitrogens is 4. The molecule has 3 unspecified atom stereocenters. The molecule has 7 rings (SSSR count). The van der Waals surface area contributed by atoms with Crippen LogP contribution in [0, 0.1) is 11.7 Å². The number of nitrogens with zero attached hydrogens (tertiary/aromatic N) is 7. The molecule has 0 N–H and O–H groups in total. The van der Waals surface area contributed by atoms with Crippen LogP contribution in [0.3, 0.4) is 0 Å². The fourth-order valence-electron chi connectivity index (χ4n) is 7.16. The summed E-state index contributed by atoms with van der Waals surface area (Å²) < 4.78 is 28.3. The maximum Gasteiger partial charge on any atom is 0.319 e. The third kappa shape index (κ3) is 4.50. The van der Waals surface area contributed by atoms with Crippen LogP contribution in [0.15, 0.2) is 43.1 Å². The van der Waals surface area contributed by atoms with E-state index < -0.39 is 5.82 Å². The SMILES string of the molecule is C=CC(=O)N1CCC(N(C)c2nc(OCC34CCCN3CC(C)C4)nc3c(F)c(-c4nsc5ccccc45)ncc23)C1. The number of pyridine rings is 1. The Labute approximate surface area is 248 Å². The molecule has 42 heavy (non-hydrogen) atoms. The summed E-state index contributed by atoms with van der Waals surface area (Å²) in [6, 6.07) is 7.90.